The van der Waals surface area contributed by atoms with E-state index >= 15 is 0 Å². The summed E-state index contributed by atoms with van der Waals surface area (Å²) in [5.41, 5.74) is 2.35. The van der Waals surface area contributed by atoms with E-state index in [0.29, 0.717) is 28.0 Å². The summed E-state index contributed by atoms with van der Waals surface area (Å²) in [6.07, 6.45) is 0. The Morgan fingerprint density at radius 1 is 1.04 bits per heavy atom. The molecule has 2 aromatic carbocycles. The summed E-state index contributed by atoms with van der Waals surface area (Å²) in [4.78, 5) is 24.2. The number of carbonyl (C=O) groups is 2. The van der Waals surface area contributed by atoms with Gasteiger partial charge in [-0.3, -0.25) is 4.79 Å². The monoisotopic (exact) mass is 368 g/mol. The highest BCUT2D eigenvalue weighted by atomic mass is 16.5. The molecule has 0 saturated carbocycles. The Morgan fingerprint density at radius 3 is 2.52 bits per heavy atom. The van der Waals surface area contributed by atoms with Crippen molar-refractivity contribution in [3.63, 3.8) is 0 Å². The molecule has 0 saturated heterocycles. The van der Waals surface area contributed by atoms with Crippen LogP contribution in [0.2, 0.25) is 0 Å². The molecule has 27 heavy (non-hydrogen) atoms. The molecule has 140 valence electrons. The molecule has 6 heteroatoms. The summed E-state index contributed by atoms with van der Waals surface area (Å²) in [5.74, 6) is -0.0345. The number of hydrogen-bond acceptors (Lipinski definition) is 6. The SMILES string of the molecule is COCc1c(C(=O)OCc2cc(C(C)=O)ccc2OC)oc2ccccc12. The maximum absolute atomic E-state index is 12.6. The van der Waals surface area contributed by atoms with Crippen LogP contribution in [0.5, 0.6) is 5.75 Å². The summed E-state index contributed by atoms with van der Waals surface area (Å²) < 4.78 is 21.6. The molecule has 0 unspecified atom stereocenters. The van der Waals surface area contributed by atoms with Gasteiger partial charge >= 0.3 is 5.97 Å². The van der Waals surface area contributed by atoms with E-state index in [-0.39, 0.29) is 24.8 Å². The minimum absolute atomic E-state index is 0.0490. The number of furan rings is 1. The van der Waals surface area contributed by atoms with Gasteiger partial charge in [0.2, 0.25) is 5.76 Å². The highest BCUT2D eigenvalue weighted by molar-refractivity contribution is 5.96. The number of methoxy groups -OCH3 is 2. The van der Waals surface area contributed by atoms with Gasteiger partial charge < -0.3 is 18.6 Å². The zero-order chi connectivity index (χ0) is 19.4. The van der Waals surface area contributed by atoms with Crippen LogP contribution in [0.25, 0.3) is 11.0 Å². The van der Waals surface area contributed by atoms with Crippen LogP contribution in [-0.4, -0.2) is 26.0 Å². The minimum atomic E-state index is -0.603. The Balaban J connectivity index is 1.86. The first kappa shape index (κ1) is 18.7. The summed E-state index contributed by atoms with van der Waals surface area (Å²) in [6.45, 7) is 1.65. The van der Waals surface area contributed by atoms with Gasteiger partial charge in [0.1, 0.15) is 17.9 Å². The van der Waals surface area contributed by atoms with Gasteiger partial charge in [-0.15, -0.1) is 0 Å². The van der Waals surface area contributed by atoms with E-state index in [1.54, 1.807) is 31.4 Å². The lowest BCUT2D eigenvalue weighted by molar-refractivity contribution is 0.0430. The maximum atomic E-state index is 12.6. The van der Waals surface area contributed by atoms with Crippen LogP contribution < -0.4 is 4.74 Å². The molecule has 1 aromatic heterocycles. The van der Waals surface area contributed by atoms with Crippen molar-refractivity contribution in [2.75, 3.05) is 14.2 Å². The van der Waals surface area contributed by atoms with Crippen molar-refractivity contribution in [2.24, 2.45) is 0 Å². The number of ketones is 1. The number of carbonyl (C=O) groups excluding carboxylic acids is 2. The smallest absolute Gasteiger partial charge is 0.374 e. The van der Waals surface area contributed by atoms with Crippen LogP contribution in [0.3, 0.4) is 0 Å². The minimum Gasteiger partial charge on any atom is -0.496 e. The van der Waals surface area contributed by atoms with Gasteiger partial charge in [0.15, 0.2) is 5.78 Å². The third kappa shape index (κ3) is 3.85. The summed E-state index contributed by atoms with van der Waals surface area (Å²) >= 11 is 0. The molecule has 0 aliphatic carbocycles. The van der Waals surface area contributed by atoms with Crippen molar-refractivity contribution in [1.29, 1.82) is 0 Å². The average molecular weight is 368 g/mol. The summed E-state index contributed by atoms with van der Waals surface area (Å²) in [7, 11) is 3.07. The van der Waals surface area contributed by atoms with E-state index < -0.39 is 5.97 Å². The van der Waals surface area contributed by atoms with E-state index in [2.05, 4.69) is 0 Å². The fourth-order valence-corrected chi connectivity index (χ4v) is 2.87. The van der Waals surface area contributed by atoms with Crippen LogP contribution in [0, 0.1) is 0 Å². The number of fused-ring (bicyclic) bond motifs is 1. The van der Waals surface area contributed by atoms with Crippen LogP contribution >= 0.6 is 0 Å². The van der Waals surface area contributed by atoms with Gasteiger partial charge in [0.25, 0.3) is 0 Å². The van der Waals surface area contributed by atoms with Gasteiger partial charge in [-0.2, -0.15) is 0 Å². The predicted octanol–water partition coefficient (Wildman–Crippen LogP) is 4.15. The Morgan fingerprint density at radius 2 is 1.81 bits per heavy atom. The lowest BCUT2D eigenvalue weighted by Gasteiger charge is -2.10. The molecular formula is C21H20O6. The molecule has 1 heterocycles. The van der Waals surface area contributed by atoms with Gasteiger partial charge in [0.05, 0.1) is 13.7 Å². The molecule has 0 atom stereocenters. The third-order valence-corrected chi connectivity index (χ3v) is 4.22. The fourth-order valence-electron chi connectivity index (χ4n) is 2.87. The van der Waals surface area contributed by atoms with Gasteiger partial charge in [-0.25, -0.2) is 4.79 Å². The molecule has 0 spiro atoms. The van der Waals surface area contributed by atoms with E-state index in [1.165, 1.54) is 14.0 Å². The Hall–Kier alpha value is -3.12. The first-order chi connectivity index (χ1) is 13.0. The number of Topliss-reactive ketones (excluding diaryl/α,β-unsaturated/α-hetero) is 1. The number of para-hydroxylation sites is 1. The van der Waals surface area contributed by atoms with E-state index in [0.717, 1.165) is 5.39 Å². The second kappa shape index (κ2) is 8.05. The largest absolute Gasteiger partial charge is 0.496 e. The highest BCUT2D eigenvalue weighted by Crippen LogP contribution is 2.28. The maximum Gasteiger partial charge on any atom is 0.374 e. The third-order valence-electron chi connectivity index (χ3n) is 4.22. The predicted molar refractivity (Wildman–Crippen MR) is 99.0 cm³/mol. The molecule has 0 bridgehead atoms. The number of esters is 1. The van der Waals surface area contributed by atoms with Crippen LogP contribution in [0.4, 0.5) is 0 Å². The zero-order valence-corrected chi connectivity index (χ0v) is 15.4. The highest BCUT2D eigenvalue weighted by Gasteiger charge is 2.22. The van der Waals surface area contributed by atoms with Crippen LogP contribution in [-0.2, 0) is 22.7 Å². The van der Waals surface area contributed by atoms with Gasteiger partial charge in [-0.1, -0.05) is 18.2 Å². The first-order valence-corrected chi connectivity index (χ1v) is 8.39. The molecular weight excluding hydrogens is 348 g/mol. The molecule has 0 radical (unpaired) electrons. The molecule has 0 N–H and O–H groups in total. The van der Waals surface area contributed by atoms with E-state index in [9.17, 15) is 9.59 Å². The number of benzene rings is 2. The number of ether oxygens (including phenoxy) is 3. The molecule has 6 nitrogen and oxygen atoms in total. The van der Waals surface area contributed by atoms with Crippen molar-refractivity contribution in [1.82, 2.24) is 0 Å². The second-order valence-corrected chi connectivity index (χ2v) is 6.00. The van der Waals surface area contributed by atoms with Crippen LogP contribution in [0.15, 0.2) is 46.9 Å². The molecule has 0 aliphatic rings. The van der Waals surface area contributed by atoms with Gasteiger partial charge in [-0.05, 0) is 31.2 Å². The number of rotatable bonds is 7. The Kier molecular flexibility index (Phi) is 5.57. The summed E-state index contributed by atoms with van der Waals surface area (Å²) in [6, 6.07) is 12.3. The quantitative estimate of drug-likeness (QED) is 0.461. The van der Waals surface area contributed by atoms with E-state index in [4.69, 9.17) is 18.6 Å². The van der Waals surface area contributed by atoms with Crippen molar-refractivity contribution < 1.29 is 28.2 Å². The zero-order valence-electron chi connectivity index (χ0n) is 15.4. The molecule has 0 amide bonds. The number of hydrogen-bond donors (Lipinski definition) is 0. The van der Waals surface area contributed by atoms with Crippen molar-refractivity contribution in [3.05, 3.63) is 64.9 Å². The van der Waals surface area contributed by atoms with Crippen LogP contribution in [0.1, 0.15) is 39.0 Å². The van der Waals surface area contributed by atoms with Crippen molar-refractivity contribution in [3.8, 4) is 5.75 Å². The lowest BCUT2D eigenvalue weighted by atomic mass is 10.1. The second-order valence-electron chi connectivity index (χ2n) is 6.00. The average Bonchev–Trinajstić information content (AvgIpc) is 3.05. The lowest BCUT2D eigenvalue weighted by Crippen LogP contribution is -2.08. The topological polar surface area (TPSA) is 75.0 Å². The normalized spacial score (nSPS) is 10.8. The van der Waals surface area contributed by atoms with Gasteiger partial charge in [0, 0.05) is 29.2 Å². The van der Waals surface area contributed by atoms with Crippen molar-refractivity contribution in [2.45, 2.75) is 20.1 Å². The fraction of sp³-hybridized carbons (Fsp3) is 0.238. The van der Waals surface area contributed by atoms with E-state index in [1.807, 2.05) is 18.2 Å². The molecule has 3 aromatic rings. The summed E-state index contributed by atoms with van der Waals surface area (Å²) in [5, 5.41) is 0.808. The molecule has 0 fully saturated rings. The molecule has 3 rings (SSSR count). The Labute approximate surface area is 156 Å². The Bertz CT molecular complexity index is 986. The molecule has 0 aliphatic heterocycles. The van der Waals surface area contributed by atoms with Crippen molar-refractivity contribution >= 4 is 22.7 Å². The first-order valence-electron chi connectivity index (χ1n) is 8.39. The standard InChI is InChI=1S/C21H20O6/c1-13(22)14-8-9-18(25-3)15(10-14)11-26-21(23)20-17(12-24-2)16-6-4-5-7-19(16)27-20/h4-10H,11-12H2,1-3H3.